The van der Waals surface area contributed by atoms with Crippen LogP contribution in [0.25, 0.3) is 0 Å². The predicted molar refractivity (Wildman–Crippen MR) is 130 cm³/mol. The number of benzene rings is 2. The summed E-state index contributed by atoms with van der Waals surface area (Å²) in [5, 5.41) is 10.2. The van der Waals surface area contributed by atoms with E-state index in [-0.39, 0.29) is 29.5 Å². The lowest BCUT2D eigenvalue weighted by molar-refractivity contribution is -0.0553. The molecule has 2 saturated heterocycles. The number of methoxy groups -OCH3 is 2. The molecule has 4 rings (SSSR count). The molecule has 8 heteroatoms. The number of hydrogen-bond acceptors (Lipinski definition) is 6. The summed E-state index contributed by atoms with van der Waals surface area (Å²) >= 11 is 0. The average molecular weight is 485 g/mol. The number of sulfonamides is 1. The summed E-state index contributed by atoms with van der Waals surface area (Å²) in [6, 6.07) is 14.7. The first kappa shape index (κ1) is 24.7. The molecule has 2 aromatic carbocycles. The minimum absolute atomic E-state index is 0.00302. The Kier molecular flexibility index (Phi) is 7.91. The second kappa shape index (κ2) is 10.9. The van der Waals surface area contributed by atoms with E-state index in [0.717, 1.165) is 30.5 Å². The van der Waals surface area contributed by atoms with Gasteiger partial charge in [-0.15, -0.1) is 0 Å². The molecule has 182 valence electrons. The fourth-order valence-electron chi connectivity index (χ4n) is 5.04. The van der Waals surface area contributed by atoms with Gasteiger partial charge in [0.15, 0.2) is 0 Å². The van der Waals surface area contributed by atoms with Crippen LogP contribution >= 0.6 is 0 Å². The number of ether oxygens (including phenoxy) is 2. The lowest BCUT2D eigenvalue weighted by atomic mass is 9.74. The number of rotatable bonds is 6. The SMILES string of the molecule is COCC#Cc1ccc([C@@H]2[C@@H](CO)N3CCCCN(S(=O)(=O)c4cccc(OC)c4)C[C@H]23)cc1. The van der Waals surface area contributed by atoms with Crippen molar-refractivity contribution in [1.29, 1.82) is 0 Å². The van der Waals surface area contributed by atoms with E-state index in [9.17, 15) is 13.5 Å². The average Bonchev–Trinajstić information content (AvgIpc) is 2.84. The fourth-order valence-corrected chi connectivity index (χ4v) is 6.57. The maximum atomic E-state index is 13.5. The second-order valence-corrected chi connectivity index (χ2v) is 10.6. The van der Waals surface area contributed by atoms with E-state index in [0.29, 0.717) is 25.4 Å². The summed E-state index contributed by atoms with van der Waals surface area (Å²) < 4.78 is 38.9. The van der Waals surface area contributed by atoms with Gasteiger partial charge in [-0.25, -0.2) is 8.42 Å². The topological polar surface area (TPSA) is 79.3 Å². The quantitative estimate of drug-likeness (QED) is 0.634. The molecule has 1 N–H and O–H groups in total. The van der Waals surface area contributed by atoms with Crippen molar-refractivity contribution in [3.63, 3.8) is 0 Å². The van der Waals surface area contributed by atoms with E-state index in [1.807, 2.05) is 24.3 Å². The van der Waals surface area contributed by atoms with Gasteiger partial charge in [0.05, 0.1) is 18.6 Å². The Morgan fingerprint density at radius 2 is 1.85 bits per heavy atom. The lowest BCUT2D eigenvalue weighted by Gasteiger charge is -2.57. The predicted octanol–water partition coefficient (Wildman–Crippen LogP) is 2.31. The third-order valence-electron chi connectivity index (χ3n) is 6.76. The molecule has 3 atom stereocenters. The monoisotopic (exact) mass is 484 g/mol. The van der Waals surface area contributed by atoms with E-state index in [2.05, 4.69) is 16.7 Å². The van der Waals surface area contributed by atoms with Crippen LogP contribution in [0.5, 0.6) is 5.75 Å². The molecule has 34 heavy (non-hydrogen) atoms. The van der Waals surface area contributed by atoms with Gasteiger partial charge >= 0.3 is 0 Å². The van der Waals surface area contributed by atoms with Crippen molar-refractivity contribution in [1.82, 2.24) is 9.21 Å². The first-order valence-electron chi connectivity index (χ1n) is 11.6. The summed E-state index contributed by atoms with van der Waals surface area (Å²) in [4.78, 5) is 2.51. The Bertz CT molecular complexity index is 1140. The van der Waals surface area contributed by atoms with Gasteiger partial charge in [-0.2, -0.15) is 4.31 Å². The molecule has 0 aliphatic carbocycles. The Morgan fingerprint density at radius 1 is 1.09 bits per heavy atom. The highest BCUT2D eigenvalue weighted by atomic mass is 32.2. The van der Waals surface area contributed by atoms with E-state index >= 15 is 0 Å². The molecule has 0 radical (unpaired) electrons. The molecule has 0 spiro atoms. The summed E-state index contributed by atoms with van der Waals surface area (Å²) in [5.41, 5.74) is 1.99. The molecule has 2 fully saturated rings. The zero-order valence-electron chi connectivity index (χ0n) is 19.7. The molecule has 2 aliphatic rings. The molecule has 7 nitrogen and oxygen atoms in total. The molecule has 0 amide bonds. The van der Waals surface area contributed by atoms with Crippen molar-refractivity contribution >= 4 is 10.0 Å². The van der Waals surface area contributed by atoms with Gasteiger partial charge in [-0.3, -0.25) is 4.90 Å². The van der Waals surface area contributed by atoms with Crippen LogP contribution < -0.4 is 4.74 Å². The van der Waals surface area contributed by atoms with Crippen molar-refractivity contribution < 1.29 is 23.0 Å². The standard InChI is InChI=1S/C26H32N2O5S/c1-32-16-6-7-20-10-12-21(13-11-20)26-24-18-27(14-3-4-15-28(24)25(26)19-29)34(30,31)23-9-5-8-22(17-23)33-2/h5,8-13,17,24-26,29H,3-4,14-16,18-19H2,1-2H3/t24-,25-,26+/m1/s1. The van der Waals surface area contributed by atoms with Crippen molar-refractivity contribution in [2.24, 2.45) is 0 Å². The normalized spacial score (nSPS) is 23.6. The van der Waals surface area contributed by atoms with E-state index in [1.165, 1.54) is 7.11 Å². The third kappa shape index (κ3) is 4.99. The zero-order chi connectivity index (χ0) is 24.1. The molecule has 0 unspecified atom stereocenters. The smallest absolute Gasteiger partial charge is 0.243 e. The molecule has 2 heterocycles. The van der Waals surface area contributed by atoms with Crippen LogP contribution in [-0.2, 0) is 14.8 Å². The summed E-state index contributed by atoms with van der Waals surface area (Å²) in [5.74, 6) is 6.59. The largest absolute Gasteiger partial charge is 0.497 e. The number of aliphatic hydroxyl groups is 1. The number of nitrogens with zero attached hydrogens (tertiary/aromatic N) is 2. The van der Waals surface area contributed by atoms with Crippen LogP contribution in [-0.4, -0.2) is 81.9 Å². The second-order valence-electron chi connectivity index (χ2n) is 8.69. The van der Waals surface area contributed by atoms with Crippen LogP contribution in [0.2, 0.25) is 0 Å². The molecule has 2 aromatic rings. The minimum atomic E-state index is -3.67. The fraction of sp³-hybridized carbons (Fsp3) is 0.462. The summed E-state index contributed by atoms with van der Waals surface area (Å²) in [6.07, 6.45) is 1.67. The first-order valence-corrected chi connectivity index (χ1v) is 13.0. The maximum Gasteiger partial charge on any atom is 0.243 e. The molecule has 0 saturated carbocycles. The highest BCUT2D eigenvalue weighted by Gasteiger charge is 2.50. The number of fused-ring (bicyclic) bond motifs is 1. The van der Waals surface area contributed by atoms with Gasteiger partial charge in [0.25, 0.3) is 0 Å². The minimum Gasteiger partial charge on any atom is -0.497 e. The van der Waals surface area contributed by atoms with Crippen LogP contribution in [0.3, 0.4) is 0 Å². The lowest BCUT2D eigenvalue weighted by Crippen LogP contribution is -2.67. The molecule has 0 aromatic heterocycles. The highest BCUT2D eigenvalue weighted by molar-refractivity contribution is 7.89. The van der Waals surface area contributed by atoms with Gasteiger partial charge in [0.2, 0.25) is 10.0 Å². The Labute approximate surface area is 202 Å². The highest BCUT2D eigenvalue weighted by Crippen LogP contribution is 2.42. The molecule has 2 aliphatic heterocycles. The van der Waals surface area contributed by atoms with Gasteiger partial charge < -0.3 is 14.6 Å². The number of aliphatic hydroxyl groups excluding tert-OH is 1. The first-order chi connectivity index (χ1) is 16.5. The van der Waals surface area contributed by atoms with E-state index < -0.39 is 10.0 Å². The van der Waals surface area contributed by atoms with Gasteiger partial charge in [-0.1, -0.05) is 30.0 Å². The Balaban J connectivity index is 1.59. The maximum absolute atomic E-state index is 13.5. The summed E-state index contributed by atoms with van der Waals surface area (Å²) in [7, 11) is -0.529. The Hall–Kier alpha value is -2.41. The van der Waals surface area contributed by atoms with Gasteiger partial charge in [0, 0.05) is 49.8 Å². The van der Waals surface area contributed by atoms with Crippen LogP contribution in [0, 0.1) is 11.8 Å². The van der Waals surface area contributed by atoms with E-state index in [4.69, 9.17) is 9.47 Å². The van der Waals surface area contributed by atoms with Crippen LogP contribution in [0.4, 0.5) is 0 Å². The van der Waals surface area contributed by atoms with Crippen molar-refractivity contribution in [3.05, 3.63) is 59.7 Å². The molecule has 0 bridgehead atoms. The van der Waals surface area contributed by atoms with Crippen LogP contribution in [0.15, 0.2) is 53.4 Å². The van der Waals surface area contributed by atoms with Crippen molar-refractivity contribution in [2.75, 3.05) is 47.1 Å². The number of hydrogen-bond donors (Lipinski definition) is 1. The Morgan fingerprint density at radius 3 is 2.56 bits per heavy atom. The summed E-state index contributed by atoms with van der Waals surface area (Å²) in [6.45, 7) is 2.15. The van der Waals surface area contributed by atoms with Crippen molar-refractivity contribution in [2.45, 2.75) is 35.7 Å². The van der Waals surface area contributed by atoms with E-state index in [1.54, 1.807) is 35.7 Å². The zero-order valence-corrected chi connectivity index (χ0v) is 20.5. The van der Waals surface area contributed by atoms with Gasteiger partial charge in [0.1, 0.15) is 12.4 Å². The molecular formula is C26H32N2O5S. The van der Waals surface area contributed by atoms with Gasteiger partial charge in [-0.05, 0) is 49.2 Å². The van der Waals surface area contributed by atoms with Crippen LogP contribution in [0.1, 0.15) is 29.9 Å². The van der Waals surface area contributed by atoms with Crippen molar-refractivity contribution in [3.8, 4) is 17.6 Å². The third-order valence-corrected chi connectivity index (χ3v) is 8.62. The molecular weight excluding hydrogens is 452 g/mol.